The fourth-order valence-corrected chi connectivity index (χ4v) is 6.81. The summed E-state index contributed by atoms with van der Waals surface area (Å²) in [7, 11) is -0.459. The lowest BCUT2D eigenvalue weighted by Gasteiger charge is -2.53. The molecule has 0 amide bonds. The van der Waals surface area contributed by atoms with Gasteiger partial charge in [0.2, 0.25) is 8.32 Å². The molecule has 6 heteroatoms. The lowest BCUT2D eigenvalue weighted by Crippen LogP contribution is -2.55. The summed E-state index contributed by atoms with van der Waals surface area (Å²) in [6.45, 7) is 18.0. The summed E-state index contributed by atoms with van der Waals surface area (Å²) in [6.07, 6.45) is 5.09. The monoisotopic (exact) mass is 464 g/mol. The van der Waals surface area contributed by atoms with Gasteiger partial charge in [0.1, 0.15) is 18.7 Å². The molecule has 2 saturated carbocycles. The second kappa shape index (κ2) is 8.66. The molecule has 0 aliphatic heterocycles. The highest BCUT2D eigenvalue weighted by Gasteiger charge is 2.57. The fourth-order valence-electron chi connectivity index (χ4n) is 5.69. The van der Waals surface area contributed by atoms with Gasteiger partial charge in [-0.25, -0.2) is 0 Å². The summed E-state index contributed by atoms with van der Waals surface area (Å²) in [5, 5.41) is 0.0979. The van der Waals surface area contributed by atoms with Crippen molar-refractivity contribution in [1.29, 1.82) is 0 Å². The first-order valence-electron chi connectivity index (χ1n) is 12.2. The first kappa shape index (κ1) is 25.6. The first-order valence-corrected chi connectivity index (χ1v) is 15.1. The second-order valence-corrected chi connectivity index (χ2v) is 17.3. The molecule has 0 aromatic rings. The minimum absolute atomic E-state index is 0.0654. The molecule has 0 aromatic carbocycles. The van der Waals surface area contributed by atoms with E-state index in [1.165, 1.54) is 0 Å². The van der Waals surface area contributed by atoms with E-state index in [0.29, 0.717) is 25.7 Å². The van der Waals surface area contributed by atoms with E-state index in [1.54, 1.807) is 7.11 Å². The highest BCUT2D eigenvalue weighted by atomic mass is 28.4. The number of carbonyl (C=O) groups excluding carboxylic acids is 2. The maximum atomic E-state index is 13.6. The third kappa shape index (κ3) is 4.39. The van der Waals surface area contributed by atoms with E-state index < -0.39 is 19.8 Å². The van der Waals surface area contributed by atoms with E-state index in [9.17, 15) is 9.59 Å². The van der Waals surface area contributed by atoms with Crippen LogP contribution < -0.4 is 0 Å². The standard InChI is InChI=1S/C26H44O5Si/c1-24(2,3)32(8,9)31-20-11-10-17-14-22(27)26(6)13-12-21(30-16-29-7)23(28)19(26)15-18(20)25(17,4)5/h11,17-19,21H,10,12-16H2,1-9H3/t17-,18-,19+,21+,26-/m1/s1. The van der Waals surface area contributed by atoms with Crippen LogP contribution >= 0.6 is 0 Å². The molecule has 0 saturated heterocycles. The van der Waals surface area contributed by atoms with Gasteiger partial charge in [0, 0.05) is 30.8 Å². The second-order valence-electron chi connectivity index (χ2n) is 12.6. The Bertz CT molecular complexity index is 778. The van der Waals surface area contributed by atoms with E-state index in [0.717, 1.165) is 12.2 Å². The molecule has 32 heavy (non-hydrogen) atoms. The van der Waals surface area contributed by atoms with Crippen molar-refractivity contribution < 1.29 is 23.5 Å². The van der Waals surface area contributed by atoms with Crippen molar-refractivity contribution in [2.45, 2.75) is 97.9 Å². The van der Waals surface area contributed by atoms with Crippen molar-refractivity contribution in [2.75, 3.05) is 13.9 Å². The topological polar surface area (TPSA) is 61.8 Å². The quantitative estimate of drug-likeness (QED) is 0.375. The van der Waals surface area contributed by atoms with Crippen molar-refractivity contribution >= 4 is 19.9 Å². The molecule has 182 valence electrons. The van der Waals surface area contributed by atoms with E-state index in [4.69, 9.17) is 13.9 Å². The molecule has 5 nitrogen and oxygen atoms in total. The molecule has 2 bridgehead atoms. The summed E-state index contributed by atoms with van der Waals surface area (Å²) >= 11 is 0. The Kier molecular flexibility index (Phi) is 6.94. The molecule has 0 aromatic heterocycles. The highest BCUT2D eigenvalue weighted by Crippen LogP contribution is 2.57. The number of ketones is 2. The van der Waals surface area contributed by atoms with Crippen molar-refractivity contribution in [2.24, 2.45) is 28.6 Å². The molecule has 3 rings (SSSR count). The SMILES string of the molecule is COCO[C@H]1CC[C@@]2(C)C(=O)C[C@H]3CC=C(O[Si](C)(C)C(C)(C)C)[C@@H](C[C@H]2C1=O)C3(C)C. The molecule has 0 radical (unpaired) electrons. The Balaban J connectivity index is 2.00. The van der Waals surface area contributed by atoms with Crippen LogP contribution in [0.2, 0.25) is 18.1 Å². The third-order valence-electron chi connectivity index (χ3n) is 9.36. The van der Waals surface area contributed by atoms with Crippen molar-refractivity contribution in [1.82, 2.24) is 0 Å². The number of methoxy groups -OCH3 is 1. The summed E-state index contributed by atoms with van der Waals surface area (Å²) in [4.78, 5) is 27.2. The molecule has 3 aliphatic rings. The van der Waals surface area contributed by atoms with Crippen LogP contribution in [-0.4, -0.2) is 39.9 Å². The first-order chi connectivity index (χ1) is 14.6. The number of hydrogen-bond donors (Lipinski definition) is 0. The van der Waals surface area contributed by atoms with Gasteiger partial charge in [0.05, 0.1) is 5.76 Å². The molecular formula is C26H44O5Si. The minimum Gasteiger partial charge on any atom is -0.547 e. The Morgan fingerprint density at radius 3 is 2.38 bits per heavy atom. The zero-order valence-corrected chi connectivity index (χ0v) is 22.7. The maximum Gasteiger partial charge on any atom is 0.250 e. The van der Waals surface area contributed by atoms with Crippen molar-refractivity contribution in [3.8, 4) is 0 Å². The lowest BCUT2D eigenvalue weighted by atomic mass is 9.52. The highest BCUT2D eigenvalue weighted by molar-refractivity contribution is 6.74. The Hall–Kier alpha value is -0.983. The van der Waals surface area contributed by atoms with Gasteiger partial charge < -0.3 is 13.9 Å². The van der Waals surface area contributed by atoms with E-state index in [-0.39, 0.29) is 46.6 Å². The summed E-state index contributed by atoms with van der Waals surface area (Å²) in [5.41, 5.74) is -0.722. The van der Waals surface area contributed by atoms with E-state index in [2.05, 4.69) is 53.8 Å². The maximum absolute atomic E-state index is 13.6. The molecule has 0 unspecified atom stereocenters. The van der Waals surface area contributed by atoms with E-state index in [1.807, 2.05) is 6.92 Å². The molecule has 3 aliphatic carbocycles. The summed E-state index contributed by atoms with van der Waals surface area (Å²) in [5.74, 6) is 1.43. The van der Waals surface area contributed by atoms with E-state index >= 15 is 0 Å². The van der Waals surface area contributed by atoms with Crippen LogP contribution in [-0.2, 0) is 23.5 Å². The number of rotatable bonds is 5. The van der Waals surface area contributed by atoms with Gasteiger partial charge in [-0.2, -0.15) is 0 Å². The number of fused-ring (bicyclic) bond motifs is 3. The van der Waals surface area contributed by atoms with Crippen LogP contribution in [0, 0.1) is 28.6 Å². The molecule has 0 heterocycles. The van der Waals surface area contributed by atoms with Crippen LogP contribution in [0.15, 0.2) is 11.8 Å². The van der Waals surface area contributed by atoms with Gasteiger partial charge in [-0.1, -0.05) is 41.5 Å². The third-order valence-corrected chi connectivity index (χ3v) is 13.7. The van der Waals surface area contributed by atoms with Crippen molar-refractivity contribution in [3.05, 3.63) is 11.8 Å². The van der Waals surface area contributed by atoms with Gasteiger partial charge in [-0.05, 0) is 61.2 Å². The summed E-state index contributed by atoms with van der Waals surface area (Å²) in [6, 6.07) is 0. The normalized spacial score (nSPS) is 35.5. The van der Waals surface area contributed by atoms with Gasteiger partial charge >= 0.3 is 0 Å². The van der Waals surface area contributed by atoms with Gasteiger partial charge in [0.15, 0.2) is 5.78 Å². The van der Waals surface area contributed by atoms with Crippen LogP contribution in [0.1, 0.15) is 73.6 Å². The molecule has 0 N–H and O–H groups in total. The predicted molar refractivity (Wildman–Crippen MR) is 129 cm³/mol. The van der Waals surface area contributed by atoms with Gasteiger partial charge in [-0.15, -0.1) is 0 Å². The molecular weight excluding hydrogens is 420 g/mol. The average molecular weight is 465 g/mol. The Morgan fingerprint density at radius 2 is 1.78 bits per heavy atom. The largest absolute Gasteiger partial charge is 0.547 e. The molecule has 2 fully saturated rings. The number of Topliss-reactive ketones (excluding diaryl/α,β-unsaturated/α-hetero) is 2. The fraction of sp³-hybridized carbons (Fsp3) is 0.846. The lowest BCUT2D eigenvalue weighted by molar-refractivity contribution is -0.165. The van der Waals surface area contributed by atoms with Gasteiger partial charge in [-0.3, -0.25) is 9.59 Å². The molecule has 5 atom stereocenters. The number of carbonyl (C=O) groups is 2. The zero-order chi connectivity index (χ0) is 24.1. The minimum atomic E-state index is -2.03. The van der Waals surface area contributed by atoms with Crippen molar-refractivity contribution in [3.63, 3.8) is 0 Å². The zero-order valence-electron chi connectivity index (χ0n) is 21.7. The number of allylic oxidation sites excluding steroid dienone is 2. The molecule has 0 spiro atoms. The average Bonchev–Trinajstić information content (AvgIpc) is 2.66. The Labute approximate surface area is 195 Å². The van der Waals surface area contributed by atoms with Crippen LogP contribution in [0.3, 0.4) is 0 Å². The number of hydrogen-bond acceptors (Lipinski definition) is 5. The number of ether oxygens (including phenoxy) is 2. The van der Waals surface area contributed by atoms with Crippen LogP contribution in [0.4, 0.5) is 0 Å². The van der Waals surface area contributed by atoms with Crippen LogP contribution in [0.25, 0.3) is 0 Å². The van der Waals surface area contributed by atoms with Gasteiger partial charge in [0.25, 0.3) is 0 Å². The summed E-state index contributed by atoms with van der Waals surface area (Å²) < 4.78 is 17.7. The predicted octanol–water partition coefficient (Wildman–Crippen LogP) is 5.89. The smallest absolute Gasteiger partial charge is 0.250 e. The Morgan fingerprint density at radius 1 is 1.12 bits per heavy atom. The van der Waals surface area contributed by atoms with Crippen LogP contribution in [0.5, 0.6) is 0 Å².